The smallest absolute Gasteiger partial charge is 0.264 e. The summed E-state index contributed by atoms with van der Waals surface area (Å²) in [4.78, 5) is 17.7. The highest BCUT2D eigenvalue weighted by Gasteiger charge is 2.25. The van der Waals surface area contributed by atoms with Crippen molar-refractivity contribution in [1.29, 1.82) is 0 Å². The van der Waals surface area contributed by atoms with Gasteiger partial charge in [0.1, 0.15) is 12.4 Å². The average molecular weight is 433 g/mol. The van der Waals surface area contributed by atoms with Crippen LogP contribution in [0.4, 0.5) is 5.69 Å². The van der Waals surface area contributed by atoms with E-state index in [1.165, 1.54) is 11.8 Å². The number of benzene rings is 3. The zero-order valence-corrected chi connectivity index (χ0v) is 17.7. The number of hydrogen-bond donors (Lipinski definition) is 1. The SMILES string of the molecule is C#CCOc1ccc2ccccc2c1/C=C1\SC(=Nc2cccc(Cl)c2C)NC1=O. The Morgan fingerprint density at radius 1 is 1.20 bits per heavy atom. The number of rotatable bonds is 4. The number of carbonyl (C=O) groups is 1. The van der Waals surface area contributed by atoms with Crippen LogP contribution in [0.2, 0.25) is 5.02 Å². The first-order valence-corrected chi connectivity index (χ1v) is 10.4. The number of hydrogen-bond acceptors (Lipinski definition) is 4. The molecule has 1 heterocycles. The minimum absolute atomic E-state index is 0.147. The van der Waals surface area contributed by atoms with Crippen LogP contribution in [-0.2, 0) is 4.79 Å². The van der Waals surface area contributed by atoms with Crippen LogP contribution in [0.3, 0.4) is 0 Å². The molecule has 1 aliphatic rings. The standard InChI is InChI=1S/C24H17ClN2O2S/c1-3-13-29-21-12-11-16-7-4-5-8-17(16)18(21)14-22-23(28)27-24(30-22)26-20-10-6-9-19(25)15(20)2/h1,4-12,14H,13H2,2H3,(H,26,27,28)/b22-14-. The number of terminal acetylenes is 1. The highest BCUT2D eigenvalue weighted by molar-refractivity contribution is 8.18. The number of carbonyl (C=O) groups excluding carboxylic acids is 1. The third kappa shape index (κ3) is 4.06. The molecule has 4 nitrogen and oxygen atoms in total. The Balaban J connectivity index is 1.74. The van der Waals surface area contributed by atoms with Crippen LogP contribution in [0.5, 0.6) is 5.75 Å². The molecule has 0 radical (unpaired) electrons. The summed E-state index contributed by atoms with van der Waals surface area (Å²) in [6, 6.07) is 17.3. The molecule has 0 spiro atoms. The van der Waals surface area contributed by atoms with Crippen LogP contribution in [0.25, 0.3) is 16.8 Å². The van der Waals surface area contributed by atoms with Gasteiger partial charge >= 0.3 is 0 Å². The van der Waals surface area contributed by atoms with Crippen molar-refractivity contribution in [2.75, 3.05) is 6.61 Å². The van der Waals surface area contributed by atoms with E-state index in [1.807, 2.05) is 67.6 Å². The molecule has 0 atom stereocenters. The lowest BCUT2D eigenvalue weighted by Gasteiger charge is -2.10. The minimum atomic E-state index is -0.214. The van der Waals surface area contributed by atoms with Gasteiger partial charge in [-0.3, -0.25) is 4.79 Å². The fraction of sp³-hybridized carbons (Fsp3) is 0.0833. The molecular formula is C24H17ClN2O2S. The molecule has 6 heteroatoms. The van der Waals surface area contributed by atoms with Gasteiger partial charge in [0.2, 0.25) is 0 Å². The first-order chi connectivity index (χ1) is 14.6. The summed E-state index contributed by atoms with van der Waals surface area (Å²) < 4.78 is 5.72. The Kier molecular flexibility index (Phi) is 5.80. The summed E-state index contributed by atoms with van der Waals surface area (Å²) in [5.41, 5.74) is 2.38. The lowest BCUT2D eigenvalue weighted by Crippen LogP contribution is -2.19. The molecular weight excluding hydrogens is 416 g/mol. The second-order valence-corrected chi connectivity index (χ2v) is 7.99. The predicted octanol–water partition coefficient (Wildman–Crippen LogP) is 5.71. The van der Waals surface area contributed by atoms with Gasteiger partial charge in [0.05, 0.1) is 10.6 Å². The van der Waals surface area contributed by atoms with E-state index >= 15 is 0 Å². The minimum Gasteiger partial charge on any atom is -0.480 e. The van der Waals surface area contributed by atoms with E-state index in [4.69, 9.17) is 22.8 Å². The van der Waals surface area contributed by atoms with Gasteiger partial charge < -0.3 is 10.1 Å². The van der Waals surface area contributed by atoms with Gasteiger partial charge in [0.25, 0.3) is 5.91 Å². The lowest BCUT2D eigenvalue weighted by molar-refractivity contribution is -0.115. The zero-order chi connectivity index (χ0) is 21.1. The quantitative estimate of drug-likeness (QED) is 0.424. The number of amidine groups is 1. The summed E-state index contributed by atoms with van der Waals surface area (Å²) >= 11 is 7.45. The summed E-state index contributed by atoms with van der Waals surface area (Å²) in [6.45, 7) is 2.04. The molecule has 0 saturated carbocycles. The monoisotopic (exact) mass is 432 g/mol. The van der Waals surface area contributed by atoms with Gasteiger partial charge in [-0.05, 0) is 59.3 Å². The molecule has 0 aliphatic carbocycles. The summed E-state index contributed by atoms with van der Waals surface area (Å²) in [5, 5.41) is 5.98. The van der Waals surface area contributed by atoms with Crippen molar-refractivity contribution in [3.8, 4) is 18.1 Å². The first kappa shape index (κ1) is 20.1. The van der Waals surface area contributed by atoms with Crippen molar-refractivity contribution in [2.24, 2.45) is 4.99 Å². The Morgan fingerprint density at radius 2 is 2.03 bits per heavy atom. The van der Waals surface area contributed by atoms with Crippen LogP contribution in [0, 0.1) is 19.3 Å². The van der Waals surface area contributed by atoms with Crippen LogP contribution < -0.4 is 10.1 Å². The number of nitrogens with one attached hydrogen (secondary N) is 1. The van der Waals surface area contributed by atoms with Crippen molar-refractivity contribution in [1.82, 2.24) is 5.32 Å². The van der Waals surface area contributed by atoms with E-state index in [9.17, 15) is 4.79 Å². The summed E-state index contributed by atoms with van der Waals surface area (Å²) in [5.74, 6) is 2.90. The number of aliphatic imine (C=N–C) groups is 1. The van der Waals surface area contributed by atoms with Gasteiger partial charge in [-0.25, -0.2) is 4.99 Å². The van der Waals surface area contributed by atoms with Gasteiger partial charge in [0, 0.05) is 10.6 Å². The Labute approximate surface area is 184 Å². The van der Waals surface area contributed by atoms with Gasteiger partial charge in [-0.15, -0.1) is 6.42 Å². The summed E-state index contributed by atoms with van der Waals surface area (Å²) in [6.07, 6.45) is 7.18. The molecule has 3 aromatic rings. The highest BCUT2D eigenvalue weighted by Crippen LogP contribution is 2.35. The van der Waals surface area contributed by atoms with Crippen molar-refractivity contribution in [2.45, 2.75) is 6.92 Å². The number of thioether (sulfide) groups is 1. The fourth-order valence-electron chi connectivity index (χ4n) is 3.11. The maximum Gasteiger partial charge on any atom is 0.264 e. The first-order valence-electron chi connectivity index (χ1n) is 9.19. The molecule has 3 aromatic carbocycles. The Hall–Kier alpha value is -3.20. The van der Waals surface area contributed by atoms with E-state index in [0.29, 0.717) is 20.8 Å². The highest BCUT2D eigenvalue weighted by atomic mass is 35.5. The van der Waals surface area contributed by atoms with Crippen LogP contribution in [0.1, 0.15) is 11.1 Å². The van der Waals surface area contributed by atoms with E-state index in [1.54, 1.807) is 0 Å². The number of amides is 1. The second kappa shape index (κ2) is 8.66. The van der Waals surface area contributed by atoms with Crippen molar-refractivity contribution < 1.29 is 9.53 Å². The molecule has 1 amide bonds. The molecule has 0 bridgehead atoms. The topological polar surface area (TPSA) is 50.7 Å². The van der Waals surface area contributed by atoms with Gasteiger partial charge in [0.15, 0.2) is 5.17 Å². The molecule has 30 heavy (non-hydrogen) atoms. The van der Waals surface area contributed by atoms with E-state index in [-0.39, 0.29) is 12.5 Å². The fourth-order valence-corrected chi connectivity index (χ4v) is 4.09. The normalized spacial score (nSPS) is 16.1. The van der Waals surface area contributed by atoms with Gasteiger partial charge in [-0.1, -0.05) is 53.9 Å². The molecule has 0 aromatic heterocycles. The Morgan fingerprint density at radius 3 is 2.87 bits per heavy atom. The molecule has 4 rings (SSSR count). The molecule has 1 aliphatic heterocycles. The molecule has 1 saturated heterocycles. The number of halogens is 1. The maximum atomic E-state index is 12.6. The van der Waals surface area contributed by atoms with Crippen LogP contribution in [-0.4, -0.2) is 17.7 Å². The van der Waals surface area contributed by atoms with E-state index in [0.717, 1.165) is 27.6 Å². The van der Waals surface area contributed by atoms with Crippen molar-refractivity contribution >= 4 is 57.0 Å². The van der Waals surface area contributed by atoms with Gasteiger partial charge in [-0.2, -0.15) is 0 Å². The molecule has 1 N–H and O–H groups in total. The largest absolute Gasteiger partial charge is 0.480 e. The van der Waals surface area contributed by atoms with Crippen LogP contribution >= 0.6 is 23.4 Å². The lowest BCUT2D eigenvalue weighted by atomic mass is 10.0. The second-order valence-electron chi connectivity index (χ2n) is 6.56. The molecule has 0 unspecified atom stereocenters. The van der Waals surface area contributed by atoms with Crippen molar-refractivity contribution in [3.05, 3.63) is 75.7 Å². The third-order valence-electron chi connectivity index (χ3n) is 4.63. The average Bonchev–Trinajstić information content (AvgIpc) is 3.09. The van der Waals surface area contributed by atoms with E-state index < -0.39 is 0 Å². The summed E-state index contributed by atoms with van der Waals surface area (Å²) in [7, 11) is 0. The molecule has 148 valence electrons. The third-order valence-corrected chi connectivity index (χ3v) is 5.95. The number of ether oxygens (including phenoxy) is 1. The van der Waals surface area contributed by atoms with Crippen LogP contribution in [0.15, 0.2) is 64.5 Å². The Bertz CT molecular complexity index is 1260. The van der Waals surface area contributed by atoms with E-state index in [2.05, 4.69) is 16.2 Å². The zero-order valence-electron chi connectivity index (χ0n) is 16.1. The number of fused-ring (bicyclic) bond motifs is 1. The molecule has 1 fully saturated rings. The number of nitrogens with zero attached hydrogens (tertiary/aromatic N) is 1. The predicted molar refractivity (Wildman–Crippen MR) is 125 cm³/mol. The maximum absolute atomic E-state index is 12.6. The van der Waals surface area contributed by atoms with Crippen molar-refractivity contribution in [3.63, 3.8) is 0 Å².